The second-order valence-electron chi connectivity index (χ2n) is 3.05. The van der Waals surface area contributed by atoms with Gasteiger partial charge in [0.2, 0.25) is 0 Å². The van der Waals surface area contributed by atoms with E-state index in [9.17, 15) is 0 Å². The average Bonchev–Trinajstić information content (AvgIpc) is 2.21. The quantitative estimate of drug-likeness (QED) is 0.688. The molecule has 0 aromatic heterocycles. The van der Waals surface area contributed by atoms with Crippen LogP contribution in [0.3, 0.4) is 0 Å². The predicted molar refractivity (Wildman–Crippen MR) is 62.7 cm³/mol. The van der Waals surface area contributed by atoms with Crippen LogP contribution in [0, 0.1) is 0 Å². The molecule has 0 fully saturated rings. The summed E-state index contributed by atoms with van der Waals surface area (Å²) in [6, 6.07) is 16.8. The molecule has 0 aliphatic rings. The third-order valence-corrected chi connectivity index (χ3v) is 3.18. The molecule has 0 saturated carbocycles. The molecule has 0 unspecified atom stereocenters. The van der Waals surface area contributed by atoms with Crippen LogP contribution in [0.4, 0.5) is 0 Å². The summed E-state index contributed by atoms with van der Waals surface area (Å²) in [5.74, 6) is 0. The van der Waals surface area contributed by atoms with Crippen molar-refractivity contribution in [2.75, 3.05) is 0 Å². The van der Waals surface area contributed by atoms with E-state index < -0.39 is 0 Å². The zero-order chi connectivity index (χ0) is 9.97. The maximum absolute atomic E-state index is 2.98. The van der Waals surface area contributed by atoms with E-state index in [0.29, 0.717) is 0 Å². The third-order valence-electron chi connectivity index (χ3n) is 2.04. The van der Waals surface area contributed by atoms with Crippen molar-refractivity contribution in [3.05, 3.63) is 48.5 Å². The van der Waals surface area contributed by atoms with Crippen molar-refractivity contribution in [2.45, 2.75) is 0 Å². The van der Waals surface area contributed by atoms with E-state index in [1.165, 1.54) is 20.1 Å². The first-order chi connectivity index (χ1) is 6.75. The summed E-state index contributed by atoms with van der Waals surface area (Å²) in [6.45, 7) is 0. The van der Waals surface area contributed by atoms with E-state index in [-0.39, 0.29) is 0 Å². The van der Waals surface area contributed by atoms with Crippen molar-refractivity contribution in [3.63, 3.8) is 0 Å². The Balaban J connectivity index is 2.40. The van der Waals surface area contributed by atoms with Gasteiger partial charge in [-0.05, 0) is 0 Å². The molecule has 2 aromatic carbocycles. The van der Waals surface area contributed by atoms with Crippen molar-refractivity contribution < 1.29 is 0 Å². The maximum atomic E-state index is 2.98. The summed E-state index contributed by atoms with van der Waals surface area (Å²) in [6.07, 6.45) is 0. The molecule has 2 heteroatoms. The minimum absolute atomic E-state index is 1.18. The molecule has 0 N–H and O–H groups in total. The van der Waals surface area contributed by atoms with Gasteiger partial charge in [-0.25, -0.2) is 0 Å². The molecular formula is C12H8Se2-2. The van der Waals surface area contributed by atoms with E-state index in [4.69, 9.17) is 0 Å². The van der Waals surface area contributed by atoms with E-state index in [0.717, 1.165) is 0 Å². The summed E-state index contributed by atoms with van der Waals surface area (Å²) < 4.78 is 2.35. The molecule has 70 valence electrons. The molecule has 0 spiro atoms. The predicted octanol–water partition coefficient (Wildman–Crippen LogP) is 0.941. The monoisotopic (exact) mass is 312 g/mol. The summed E-state index contributed by atoms with van der Waals surface area (Å²) in [5, 5.41) is 0. The van der Waals surface area contributed by atoms with Crippen LogP contribution in [0.25, 0.3) is 11.1 Å². The second-order valence-corrected chi connectivity index (χ2v) is 5.03. The van der Waals surface area contributed by atoms with E-state index in [2.05, 4.69) is 80.6 Å². The Morgan fingerprint density at radius 2 is 0.786 bits per heavy atom. The summed E-state index contributed by atoms with van der Waals surface area (Å²) in [5.41, 5.74) is 2.51. The zero-order valence-electron chi connectivity index (χ0n) is 7.44. The van der Waals surface area contributed by atoms with Gasteiger partial charge in [-0.3, -0.25) is 0 Å². The molecule has 0 nitrogen and oxygen atoms in total. The first-order valence-electron chi connectivity index (χ1n) is 4.30. The van der Waals surface area contributed by atoms with Crippen LogP contribution in [-0.4, -0.2) is 32.0 Å². The Hall–Kier alpha value is -0.521. The van der Waals surface area contributed by atoms with Gasteiger partial charge in [0.05, 0.1) is 0 Å². The molecule has 0 radical (unpaired) electrons. The third kappa shape index (κ3) is 2.29. The Morgan fingerprint density at radius 3 is 1.07 bits per heavy atom. The molecule has 0 heterocycles. The van der Waals surface area contributed by atoms with Crippen LogP contribution in [0.2, 0.25) is 0 Å². The number of benzene rings is 2. The SMILES string of the molecule is [Se-]c1ccc(-c2ccc([Se-])cc2)cc1. The van der Waals surface area contributed by atoms with Crippen LogP contribution in [-0.2, 0) is 0 Å². The molecule has 2 rings (SSSR count). The van der Waals surface area contributed by atoms with Crippen LogP contribution in [0.1, 0.15) is 0 Å². The van der Waals surface area contributed by atoms with Crippen molar-refractivity contribution in [1.29, 1.82) is 0 Å². The standard InChI is InChI=1S/C12H10Se2/c13-11-5-1-9(2-6-11)10-3-7-12(14)8-4-10/h1-8,13-14H/p-2. The van der Waals surface area contributed by atoms with Crippen LogP contribution >= 0.6 is 0 Å². The first kappa shape index (κ1) is 10.0. The van der Waals surface area contributed by atoms with Gasteiger partial charge in [-0.2, -0.15) is 0 Å². The Kier molecular flexibility index (Phi) is 3.10. The van der Waals surface area contributed by atoms with Crippen LogP contribution in [0.5, 0.6) is 0 Å². The van der Waals surface area contributed by atoms with Gasteiger partial charge in [0, 0.05) is 0 Å². The fraction of sp³-hybridized carbons (Fsp3) is 0. The van der Waals surface area contributed by atoms with Crippen molar-refractivity contribution in [3.8, 4) is 11.1 Å². The topological polar surface area (TPSA) is 0 Å². The zero-order valence-corrected chi connectivity index (χ0v) is 10.9. The molecular weight excluding hydrogens is 302 g/mol. The molecule has 0 saturated heterocycles. The van der Waals surface area contributed by atoms with Gasteiger partial charge >= 0.3 is 101 Å². The fourth-order valence-electron chi connectivity index (χ4n) is 1.29. The number of hydrogen-bond acceptors (Lipinski definition) is 0. The molecule has 0 atom stereocenters. The normalized spacial score (nSPS) is 10.0. The summed E-state index contributed by atoms with van der Waals surface area (Å²) >= 11 is 5.97. The molecule has 0 aliphatic carbocycles. The van der Waals surface area contributed by atoms with Crippen LogP contribution < -0.4 is 8.92 Å². The summed E-state index contributed by atoms with van der Waals surface area (Å²) in [4.78, 5) is 0. The second kappa shape index (κ2) is 4.33. The van der Waals surface area contributed by atoms with Crippen molar-refractivity contribution in [1.82, 2.24) is 0 Å². The van der Waals surface area contributed by atoms with E-state index >= 15 is 0 Å². The average molecular weight is 310 g/mol. The van der Waals surface area contributed by atoms with E-state index in [1.807, 2.05) is 0 Å². The van der Waals surface area contributed by atoms with Crippen molar-refractivity contribution >= 4 is 40.9 Å². The first-order valence-corrected chi connectivity index (χ1v) is 6.01. The number of rotatable bonds is 1. The number of hydrogen-bond donors (Lipinski definition) is 0. The Morgan fingerprint density at radius 1 is 0.500 bits per heavy atom. The van der Waals surface area contributed by atoms with Gasteiger partial charge in [0.15, 0.2) is 0 Å². The van der Waals surface area contributed by atoms with Crippen molar-refractivity contribution in [2.24, 2.45) is 0 Å². The van der Waals surface area contributed by atoms with Crippen LogP contribution in [0.15, 0.2) is 48.5 Å². The molecule has 0 amide bonds. The Labute approximate surface area is 100 Å². The fourth-order valence-corrected chi connectivity index (χ4v) is 1.87. The molecule has 2 aromatic rings. The molecule has 0 bridgehead atoms. The van der Waals surface area contributed by atoms with Gasteiger partial charge in [-0.1, -0.05) is 0 Å². The van der Waals surface area contributed by atoms with Gasteiger partial charge in [-0.15, -0.1) is 0 Å². The van der Waals surface area contributed by atoms with Gasteiger partial charge < -0.3 is 0 Å². The summed E-state index contributed by atoms with van der Waals surface area (Å²) in [7, 11) is 0. The Bertz CT molecular complexity index is 372. The van der Waals surface area contributed by atoms with Gasteiger partial charge in [0.1, 0.15) is 0 Å². The molecule has 0 aliphatic heterocycles. The minimum atomic E-state index is 1.18. The van der Waals surface area contributed by atoms with Gasteiger partial charge in [0.25, 0.3) is 0 Å². The molecule has 14 heavy (non-hydrogen) atoms. The van der Waals surface area contributed by atoms with E-state index in [1.54, 1.807) is 0 Å².